The average molecular weight is 249 g/mol. The normalized spacial score (nSPS) is 19.7. The van der Waals surface area contributed by atoms with Gasteiger partial charge < -0.3 is 15.3 Å². The van der Waals surface area contributed by atoms with Gasteiger partial charge in [-0.2, -0.15) is 0 Å². The van der Waals surface area contributed by atoms with E-state index in [1.54, 1.807) is 0 Å². The third kappa shape index (κ3) is 2.65. The van der Waals surface area contributed by atoms with E-state index in [0.29, 0.717) is 6.54 Å². The van der Waals surface area contributed by atoms with E-state index in [1.165, 1.54) is 18.5 Å². The number of carbonyl (C=O) groups excluding carboxylic acids is 1. The Morgan fingerprint density at radius 2 is 2.33 bits per heavy atom. The van der Waals surface area contributed by atoms with Gasteiger partial charge in [0.15, 0.2) is 0 Å². The standard InChI is InChI=1S/C12H15N3O3/c1-15-5-3-8(7-15)11(16)14-10-6-13-4-2-9(10)12(17)18/h2,4,6,8H,3,5,7H2,1H3,(H,14,16)(H,17,18). The second-order valence-corrected chi connectivity index (χ2v) is 4.46. The fourth-order valence-corrected chi connectivity index (χ4v) is 2.06. The number of carbonyl (C=O) groups is 2. The summed E-state index contributed by atoms with van der Waals surface area (Å²) in [6, 6.07) is 1.37. The average Bonchev–Trinajstić information content (AvgIpc) is 2.76. The maximum atomic E-state index is 12.0. The first kappa shape index (κ1) is 12.5. The summed E-state index contributed by atoms with van der Waals surface area (Å²) in [5.74, 6) is -1.30. The highest BCUT2D eigenvalue weighted by molar-refractivity contribution is 6.00. The van der Waals surface area contributed by atoms with E-state index in [0.717, 1.165) is 13.0 Å². The number of hydrogen-bond donors (Lipinski definition) is 2. The van der Waals surface area contributed by atoms with E-state index in [4.69, 9.17) is 5.11 Å². The Morgan fingerprint density at radius 3 is 2.94 bits per heavy atom. The Bertz CT molecular complexity index is 475. The molecule has 0 saturated carbocycles. The first-order valence-corrected chi connectivity index (χ1v) is 5.74. The van der Waals surface area contributed by atoms with Crippen molar-refractivity contribution in [1.29, 1.82) is 0 Å². The lowest BCUT2D eigenvalue weighted by Gasteiger charge is -2.12. The van der Waals surface area contributed by atoms with Crippen LogP contribution >= 0.6 is 0 Å². The van der Waals surface area contributed by atoms with E-state index >= 15 is 0 Å². The summed E-state index contributed by atoms with van der Waals surface area (Å²) in [6.07, 6.45) is 3.55. The van der Waals surface area contributed by atoms with Crippen molar-refractivity contribution < 1.29 is 14.7 Å². The molecular weight excluding hydrogens is 234 g/mol. The zero-order valence-corrected chi connectivity index (χ0v) is 10.1. The van der Waals surface area contributed by atoms with Gasteiger partial charge in [-0.1, -0.05) is 0 Å². The summed E-state index contributed by atoms with van der Waals surface area (Å²) < 4.78 is 0. The van der Waals surface area contributed by atoms with Crippen LogP contribution in [0.25, 0.3) is 0 Å². The molecule has 1 unspecified atom stereocenters. The minimum Gasteiger partial charge on any atom is -0.478 e. The molecule has 96 valence electrons. The number of hydrogen-bond acceptors (Lipinski definition) is 4. The summed E-state index contributed by atoms with van der Waals surface area (Å²) in [5, 5.41) is 11.6. The number of aromatic nitrogens is 1. The fraction of sp³-hybridized carbons (Fsp3) is 0.417. The van der Waals surface area contributed by atoms with Crippen LogP contribution < -0.4 is 5.32 Å². The second-order valence-electron chi connectivity index (χ2n) is 4.46. The predicted molar refractivity (Wildman–Crippen MR) is 65.4 cm³/mol. The molecule has 0 aromatic carbocycles. The van der Waals surface area contributed by atoms with Crippen molar-refractivity contribution in [3.63, 3.8) is 0 Å². The lowest BCUT2D eigenvalue weighted by molar-refractivity contribution is -0.119. The van der Waals surface area contributed by atoms with E-state index in [9.17, 15) is 9.59 Å². The molecule has 6 nitrogen and oxygen atoms in total. The van der Waals surface area contributed by atoms with Crippen LogP contribution in [0, 0.1) is 5.92 Å². The molecule has 2 N–H and O–H groups in total. The van der Waals surface area contributed by atoms with E-state index < -0.39 is 5.97 Å². The van der Waals surface area contributed by atoms with E-state index in [1.807, 2.05) is 7.05 Å². The number of likely N-dealkylation sites (tertiary alicyclic amines) is 1. The van der Waals surface area contributed by atoms with Gasteiger partial charge in [-0.05, 0) is 26.1 Å². The second kappa shape index (κ2) is 5.14. The Hall–Kier alpha value is -1.95. The summed E-state index contributed by atoms with van der Waals surface area (Å²) in [4.78, 5) is 28.9. The zero-order chi connectivity index (χ0) is 13.1. The maximum absolute atomic E-state index is 12.0. The summed E-state index contributed by atoms with van der Waals surface area (Å²) in [6.45, 7) is 1.59. The van der Waals surface area contributed by atoms with Crippen LogP contribution in [0.2, 0.25) is 0 Å². The van der Waals surface area contributed by atoms with Gasteiger partial charge in [0.2, 0.25) is 5.91 Å². The number of pyridine rings is 1. The van der Waals surface area contributed by atoms with Crippen molar-refractivity contribution in [2.24, 2.45) is 5.92 Å². The van der Waals surface area contributed by atoms with Gasteiger partial charge >= 0.3 is 5.97 Å². The van der Waals surface area contributed by atoms with Crippen LogP contribution in [-0.4, -0.2) is 47.0 Å². The molecule has 1 amide bonds. The summed E-state index contributed by atoms with van der Waals surface area (Å²) in [5.41, 5.74) is 0.314. The number of rotatable bonds is 3. The Morgan fingerprint density at radius 1 is 1.56 bits per heavy atom. The minimum absolute atomic E-state index is 0.0599. The molecule has 2 rings (SSSR count). The van der Waals surface area contributed by atoms with Gasteiger partial charge in [-0.15, -0.1) is 0 Å². The quantitative estimate of drug-likeness (QED) is 0.822. The third-order valence-corrected chi connectivity index (χ3v) is 3.07. The monoisotopic (exact) mass is 249 g/mol. The highest BCUT2D eigenvalue weighted by atomic mass is 16.4. The summed E-state index contributed by atoms with van der Waals surface area (Å²) >= 11 is 0. The van der Waals surface area contributed by atoms with Crippen LogP contribution in [0.4, 0.5) is 5.69 Å². The first-order chi connectivity index (χ1) is 8.58. The van der Waals surface area contributed by atoms with Gasteiger partial charge in [0.25, 0.3) is 0 Å². The summed E-state index contributed by atoms with van der Waals surface area (Å²) in [7, 11) is 1.96. The van der Waals surface area contributed by atoms with Crippen molar-refractivity contribution in [3.05, 3.63) is 24.0 Å². The van der Waals surface area contributed by atoms with Gasteiger partial charge in [-0.3, -0.25) is 9.78 Å². The van der Waals surface area contributed by atoms with Gasteiger partial charge in [0.05, 0.1) is 23.4 Å². The number of anilines is 1. The molecule has 1 saturated heterocycles. The number of aromatic carboxylic acids is 1. The van der Waals surface area contributed by atoms with Crippen LogP contribution in [0.5, 0.6) is 0 Å². The third-order valence-electron chi connectivity index (χ3n) is 3.07. The Labute approximate surface area is 105 Å². The molecular formula is C12H15N3O3. The molecule has 0 radical (unpaired) electrons. The van der Waals surface area contributed by atoms with Crippen LogP contribution in [-0.2, 0) is 4.79 Å². The number of nitrogens with one attached hydrogen (secondary N) is 1. The van der Waals surface area contributed by atoms with Crippen LogP contribution in [0.1, 0.15) is 16.8 Å². The highest BCUT2D eigenvalue weighted by Gasteiger charge is 2.26. The van der Waals surface area contributed by atoms with Crippen molar-refractivity contribution in [1.82, 2.24) is 9.88 Å². The molecule has 1 fully saturated rings. The molecule has 2 heterocycles. The van der Waals surface area contributed by atoms with E-state index in [-0.39, 0.29) is 23.1 Å². The lowest BCUT2D eigenvalue weighted by Crippen LogP contribution is -2.26. The molecule has 0 bridgehead atoms. The fourth-order valence-electron chi connectivity index (χ4n) is 2.06. The number of nitrogens with zero attached hydrogens (tertiary/aromatic N) is 2. The van der Waals surface area contributed by atoms with Crippen molar-refractivity contribution in [2.45, 2.75) is 6.42 Å². The molecule has 1 aromatic rings. The molecule has 1 aromatic heterocycles. The predicted octanol–water partition coefficient (Wildman–Crippen LogP) is 0.670. The molecule has 18 heavy (non-hydrogen) atoms. The zero-order valence-electron chi connectivity index (χ0n) is 10.1. The Kier molecular flexibility index (Phi) is 3.57. The maximum Gasteiger partial charge on any atom is 0.337 e. The van der Waals surface area contributed by atoms with Crippen LogP contribution in [0.15, 0.2) is 18.5 Å². The molecule has 0 spiro atoms. The largest absolute Gasteiger partial charge is 0.478 e. The smallest absolute Gasteiger partial charge is 0.337 e. The van der Waals surface area contributed by atoms with Gasteiger partial charge in [-0.25, -0.2) is 4.79 Å². The molecule has 0 aliphatic carbocycles. The Balaban J connectivity index is 2.09. The molecule has 1 aliphatic heterocycles. The number of carboxylic acid groups (broad SMARTS) is 1. The number of carboxylic acids is 1. The van der Waals surface area contributed by atoms with Crippen LogP contribution in [0.3, 0.4) is 0 Å². The number of amides is 1. The van der Waals surface area contributed by atoms with E-state index in [2.05, 4.69) is 15.2 Å². The molecule has 6 heteroatoms. The topological polar surface area (TPSA) is 82.5 Å². The van der Waals surface area contributed by atoms with Gasteiger partial charge in [0, 0.05) is 12.7 Å². The van der Waals surface area contributed by atoms with Crippen molar-refractivity contribution in [3.8, 4) is 0 Å². The SMILES string of the molecule is CN1CCC(C(=O)Nc2cnccc2C(=O)O)C1. The first-order valence-electron chi connectivity index (χ1n) is 5.74. The molecule has 1 atom stereocenters. The van der Waals surface area contributed by atoms with Crippen molar-refractivity contribution >= 4 is 17.6 Å². The van der Waals surface area contributed by atoms with Gasteiger partial charge in [0.1, 0.15) is 0 Å². The highest BCUT2D eigenvalue weighted by Crippen LogP contribution is 2.19. The van der Waals surface area contributed by atoms with Crippen molar-refractivity contribution in [2.75, 3.05) is 25.5 Å². The molecule has 1 aliphatic rings. The minimum atomic E-state index is -1.07. The lowest BCUT2D eigenvalue weighted by atomic mass is 10.1.